The number of carboxylic acids is 1. The minimum absolute atomic E-state index is 0.0651. The molecule has 0 heterocycles. The highest BCUT2D eigenvalue weighted by molar-refractivity contribution is 5.83. The number of carbonyl (C=O) groups is 1. The molecule has 1 saturated carbocycles. The summed E-state index contributed by atoms with van der Waals surface area (Å²) in [4.78, 5) is 11.5. The van der Waals surface area contributed by atoms with Crippen LogP contribution in [0.4, 0.5) is 4.39 Å². The van der Waals surface area contributed by atoms with Gasteiger partial charge in [0, 0.05) is 0 Å². The van der Waals surface area contributed by atoms with Gasteiger partial charge >= 0.3 is 5.97 Å². The van der Waals surface area contributed by atoms with Gasteiger partial charge in [-0.1, -0.05) is 26.3 Å². The molecule has 2 rings (SSSR count). The topological polar surface area (TPSA) is 37.3 Å². The molecule has 0 saturated heterocycles. The third-order valence-corrected chi connectivity index (χ3v) is 4.10. The molecule has 0 spiro atoms. The molecule has 18 heavy (non-hydrogen) atoms. The summed E-state index contributed by atoms with van der Waals surface area (Å²) in [6.45, 7) is 5.64. The fourth-order valence-corrected chi connectivity index (χ4v) is 2.78. The summed E-state index contributed by atoms with van der Waals surface area (Å²) in [6.07, 6.45) is 2.25. The van der Waals surface area contributed by atoms with Crippen molar-refractivity contribution >= 4 is 5.97 Å². The number of carboxylic acid groups (broad SMARTS) is 1. The lowest BCUT2D eigenvalue weighted by Crippen LogP contribution is -2.43. The highest BCUT2D eigenvalue weighted by atomic mass is 19.1. The molecular formula is C15H19FO2. The number of rotatable bonds is 3. The van der Waals surface area contributed by atoms with E-state index in [1.807, 2.05) is 13.8 Å². The summed E-state index contributed by atoms with van der Waals surface area (Å²) >= 11 is 0. The van der Waals surface area contributed by atoms with Crippen molar-refractivity contribution in [3.05, 3.63) is 34.6 Å². The van der Waals surface area contributed by atoms with Crippen molar-refractivity contribution in [3.63, 3.8) is 0 Å². The molecule has 1 N–H and O–H groups in total. The molecule has 0 aliphatic heterocycles. The predicted octanol–water partition coefficient (Wildman–Crippen LogP) is 3.76. The summed E-state index contributed by atoms with van der Waals surface area (Å²) in [7, 11) is 0. The number of aliphatic carboxylic acids is 1. The van der Waals surface area contributed by atoms with Crippen LogP contribution in [0.25, 0.3) is 0 Å². The second kappa shape index (κ2) is 4.38. The van der Waals surface area contributed by atoms with Gasteiger partial charge in [-0.05, 0) is 48.4 Å². The van der Waals surface area contributed by atoms with Crippen LogP contribution < -0.4 is 0 Å². The van der Waals surface area contributed by atoms with Crippen molar-refractivity contribution in [3.8, 4) is 0 Å². The lowest BCUT2D eigenvalue weighted by Gasteiger charge is -2.39. The highest BCUT2D eigenvalue weighted by Crippen LogP contribution is 2.46. The van der Waals surface area contributed by atoms with Crippen molar-refractivity contribution < 1.29 is 14.3 Å². The van der Waals surface area contributed by atoms with Gasteiger partial charge in [0.1, 0.15) is 5.82 Å². The van der Waals surface area contributed by atoms with Crippen molar-refractivity contribution in [1.29, 1.82) is 0 Å². The molecule has 1 aromatic rings. The van der Waals surface area contributed by atoms with Crippen molar-refractivity contribution in [2.75, 3.05) is 0 Å². The van der Waals surface area contributed by atoms with Gasteiger partial charge in [-0.15, -0.1) is 0 Å². The van der Waals surface area contributed by atoms with Gasteiger partial charge in [0.25, 0.3) is 0 Å². The van der Waals surface area contributed by atoms with E-state index in [4.69, 9.17) is 0 Å². The molecular weight excluding hydrogens is 231 g/mol. The Morgan fingerprint density at radius 3 is 2.39 bits per heavy atom. The Balaban J connectivity index is 2.57. The first-order chi connectivity index (χ1) is 8.38. The molecule has 0 amide bonds. The van der Waals surface area contributed by atoms with E-state index in [9.17, 15) is 14.3 Å². The number of halogens is 1. The third kappa shape index (κ3) is 1.82. The maximum Gasteiger partial charge on any atom is 0.314 e. The number of hydrogen-bond acceptors (Lipinski definition) is 1. The van der Waals surface area contributed by atoms with Crippen LogP contribution in [0.15, 0.2) is 12.1 Å². The van der Waals surface area contributed by atoms with Crippen LogP contribution >= 0.6 is 0 Å². The average molecular weight is 250 g/mol. The van der Waals surface area contributed by atoms with E-state index >= 15 is 0 Å². The van der Waals surface area contributed by atoms with Crippen molar-refractivity contribution in [1.82, 2.24) is 0 Å². The lowest BCUT2D eigenvalue weighted by molar-refractivity contribution is -0.147. The zero-order valence-electron chi connectivity index (χ0n) is 11.1. The highest BCUT2D eigenvalue weighted by Gasteiger charge is 2.47. The van der Waals surface area contributed by atoms with E-state index in [2.05, 4.69) is 0 Å². The van der Waals surface area contributed by atoms with Crippen LogP contribution in [0, 0.1) is 12.7 Å². The van der Waals surface area contributed by atoms with Gasteiger partial charge in [0.2, 0.25) is 0 Å². The number of hydrogen-bond donors (Lipinski definition) is 1. The van der Waals surface area contributed by atoms with Gasteiger partial charge in [0.15, 0.2) is 0 Å². The first-order valence-corrected chi connectivity index (χ1v) is 6.42. The van der Waals surface area contributed by atoms with Crippen LogP contribution in [0.2, 0.25) is 0 Å². The fraction of sp³-hybridized carbons (Fsp3) is 0.533. The number of aryl methyl sites for hydroxylation is 1. The maximum atomic E-state index is 13.8. The molecule has 2 nitrogen and oxygen atoms in total. The minimum Gasteiger partial charge on any atom is -0.481 e. The Labute approximate surface area is 107 Å². The van der Waals surface area contributed by atoms with E-state index in [1.165, 1.54) is 6.07 Å². The standard InChI is InChI=1S/C15H19FO2/c1-9(2)11-8-12(10(3)7-13(11)16)15(14(17)18)5-4-6-15/h7-9H,4-6H2,1-3H3,(H,17,18). The SMILES string of the molecule is Cc1cc(F)c(C(C)C)cc1C1(C(=O)O)CCC1. The largest absolute Gasteiger partial charge is 0.481 e. The van der Waals surface area contributed by atoms with Gasteiger partial charge in [-0.2, -0.15) is 0 Å². The quantitative estimate of drug-likeness (QED) is 0.886. The molecule has 3 heteroatoms. The maximum absolute atomic E-state index is 13.8. The Morgan fingerprint density at radius 2 is 2.00 bits per heavy atom. The first kappa shape index (κ1) is 13.1. The molecule has 0 aromatic heterocycles. The first-order valence-electron chi connectivity index (χ1n) is 6.42. The van der Waals surface area contributed by atoms with E-state index < -0.39 is 11.4 Å². The smallest absolute Gasteiger partial charge is 0.314 e. The van der Waals surface area contributed by atoms with Crippen molar-refractivity contribution in [2.45, 2.75) is 51.4 Å². The Hall–Kier alpha value is -1.38. The van der Waals surface area contributed by atoms with Crippen LogP contribution in [0.1, 0.15) is 55.7 Å². The van der Waals surface area contributed by atoms with Gasteiger partial charge in [-0.3, -0.25) is 4.79 Å². The summed E-state index contributed by atoms with van der Waals surface area (Å²) in [6, 6.07) is 3.25. The van der Waals surface area contributed by atoms with E-state index in [0.29, 0.717) is 18.4 Å². The Bertz CT molecular complexity index is 488. The molecule has 0 bridgehead atoms. The second-order valence-corrected chi connectivity index (χ2v) is 5.58. The monoisotopic (exact) mass is 250 g/mol. The predicted molar refractivity (Wildman–Crippen MR) is 68.4 cm³/mol. The van der Waals surface area contributed by atoms with Crippen LogP contribution in [0.3, 0.4) is 0 Å². The minimum atomic E-state index is -0.779. The molecule has 1 aliphatic rings. The summed E-state index contributed by atoms with van der Waals surface area (Å²) in [5.74, 6) is -0.945. The van der Waals surface area contributed by atoms with Gasteiger partial charge in [0.05, 0.1) is 5.41 Å². The molecule has 1 fully saturated rings. The Kier molecular flexibility index (Phi) is 3.18. The van der Waals surface area contributed by atoms with Gasteiger partial charge in [-0.25, -0.2) is 4.39 Å². The van der Waals surface area contributed by atoms with Crippen LogP contribution in [-0.2, 0) is 10.2 Å². The Morgan fingerprint density at radius 1 is 1.39 bits per heavy atom. The third-order valence-electron chi connectivity index (χ3n) is 4.10. The molecule has 0 atom stereocenters. The average Bonchev–Trinajstić information content (AvgIpc) is 2.18. The normalized spacial score (nSPS) is 17.6. The summed E-state index contributed by atoms with van der Waals surface area (Å²) in [5, 5.41) is 9.47. The zero-order chi connectivity index (χ0) is 13.5. The van der Waals surface area contributed by atoms with Gasteiger partial charge < -0.3 is 5.11 Å². The molecule has 1 aliphatic carbocycles. The lowest BCUT2D eigenvalue weighted by atomic mass is 9.63. The number of benzene rings is 1. The molecule has 1 aromatic carbocycles. The van der Waals surface area contributed by atoms with Crippen LogP contribution in [-0.4, -0.2) is 11.1 Å². The summed E-state index contributed by atoms with van der Waals surface area (Å²) < 4.78 is 13.8. The fourth-order valence-electron chi connectivity index (χ4n) is 2.78. The molecule has 0 radical (unpaired) electrons. The van der Waals surface area contributed by atoms with Crippen LogP contribution in [0.5, 0.6) is 0 Å². The molecule has 0 unspecified atom stereocenters. The van der Waals surface area contributed by atoms with Crippen molar-refractivity contribution in [2.24, 2.45) is 0 Å². The van der Waals surface area contributed by atoms with E-state index in [0.717, 1.165) is 17.5 Å². The second-order valence-electron chi connectivity index (χ2n) is 5.58. The summed E-state index contributed by atoms with van der Waals surface area (Å²) in [5.41, 5.74) is 1.38. The van der Waals surface area contributed by atoms with E-state index in [1.54, 1.807) is 13.0 Å². The van der Waals surface area contributed by atoms with E-state index in [-0.39, 0.29) is 11.7 Å². The zero-order valence-corrected chi connectivity index (χ0v) is 11.1. The molecule has 98 valence electrons.